The SMILES string of the molecule is Cc1ccc(-c2nnc(NC(=O)C3CCCN3S(=O)(=O)c3cccc4cccnc34)s2)cc1. The van der Waals surface area contributed by atoms with Gasteiger partial charge < -0.3 is 0 Å². The summed E-state index contributed by atoms with van der Waals surface area (Å²) in [4.78, 5) is 17.4. The molecule has 1 unspecified atom stereocenters. The first-order valence-electron chi connectivity index (χ1n) is 10.5. The van der Waals surface area contributed by atoms with Crippen molar-refractivity contribution < 1.29 is 13.2 Å². The summed E-state index contributed by atoms with van der Waals surface area (Å²) in [6.45, 7) is 2.28. The zero-order valence-corrected chi connectivity index (χ0v) is 19.4. The fourth-order valence-electron chi connectivity index (χ4n) is 3.98. The predicted octanol–water partition coefficient (Wildman–Crippen LogP) is 3.85. The van der Waals surface area contributed by atoms with Crippen LogP contribution in [0, 0.1) is 6.92 Å². The molecule has 1 saturated heterocycles. The second-order valence-corrected chi connectivity index (χ2v) is 10.7. The maximum atomic E-state index is 13.5. The molecule has 0 radical (unpaired) electrons. The first-order chi connectivity index (χ1) is 15.9. The standard InChI is InChI=1S/C23H21N5O3S2/c1-15-9-11-17(12-10-15)22-26-27-23(32-22)25-21(29)18-7-4-14-28(18)33(30,31)19-8-2-5-16-6-3-13-24-20(16)19/h2-3,5-6,8-13,18H,4,7,14H2,1H3,(H,25,27,29). The van der Waals surface area contributed by atoms with Crippen molar-refractivity contribution in [2.24, 2.45) is 0 Å². The number of amides is 1. The van der Waals surface area contributed by atoms with Crippen LogP contribution in [0.15, 0.2) is 65.7 Å². The molecule has 1 aliphatic rings. The number of carbonyl (C=O) groups excluding carboxylic acids is 1. The Bertz CT molecular complexity index is 1430. The molecular weight excluding hydrogens is 458 g/mol. The summed E-state index contributed by atoms with van der Waals surface area (Å²) in [7, 11) is -3.92. The van der Waals surface area contributed by atoms with Crippen LogP contribution < -0.4 is 5.32 Å². The summed E-state index contributed by atoms with van der Waals surface area (Å²) in [6, 6.07) is 15.7. The maximum absolute atomic E-state index is 13.5. The zero-order chi connectivity index (χ0) is 23.0. The van der Waals surface area contributed by atoms with Crippen LogP contribution in [0.4, 0.5) is 5.13 Å². The van der Waals surface area contributed by atoms with Gasteiger partial charge in [0.2, 0.25) is 21.1 Å². The third-order valence-electron chi connectivity index (χ3n) is 5.64. The number of rotatable bonds is 5. The smallest absolute Gasteiger partial charge is 0.245 e. The van der Waals surface area contributed by atoms with Crippen molar-refractivity contribution in [2.45, 2.75) is 30.7 Å². The molecule has 0 spiro atoms. The fourth-order valence-corrected chi connectivity index (χ4v) is 6.55. The minimum absolute atomic E-state index is 0.109. The average molecular weight is 480 g/mol. The van der Waals surface area contributed by atoms with Gasteiger partial charge in [-0.1, -0.05) is 59.4 Å². The lowest BCUT2D eigenvalue weighted by molar-refractivity contribution is -0.119. The van der Waals surface area contributed by atoms with E-state index in [1.807, 2.05) is 43.3 Å². The Kier molecular flexibility index (Phi) is 5.65. The highest BCUT2D eigenvalue weighted by Gasteiger charge is 2.40. The van der Waals surface area contributed by atoms with Crippen LogP contribution in [-0.2, 0) is 14.8 Å². The zero-order valence-electron chi connectivity index (χ0n) is 17.8. The number of nitrogens with zero attached hydrogens (tertiary/aromatic N) is 4. The molecule has 8 nitrogen and oxygen atoms in total. The summed E-state index contributed by atoms with van der Waals surface area (Å²) in [6.07, 6.45) is 2.60. The van der Waals surface area contributed by atoms with Crippen molar-refractivity contribution in [2.75, 3.05) is 11.9 Å². The molecule has 1 amide bonds. The molecule has 1 aliphatic heterocycles. The van der Waals surface area contributed by atoms with Gasteiger partial charge in [-0.15, -0.1) is 10.2 Å². The summed E-state index contributed by atoms with van der Waals surface area (Å²) < 4.78 is 28.3. The van der Waals surface area contributed by atoms with Crippen LogP contribution >= 0.6 is 11.3 Å². The predicted molar refractivity (Wildman–Crippen MR) is 127 cm³/mol. The minimum Gasteiger partial charge on any atom is -0.299 e. The molecule has 1 N–H and O–H groups in total. The van der Waals surface area contributed by atoms with Crippen LogP contribution in [0.1, 0.15) is 18.4 Å². The summed E-state index contributed by atoms with van der Waals surface area (Å²) >= 11 is 1.25. The normalized spacial score (nSPS) is 16.8. The lowest BCUT2D eigenvalue weighted by Crippen LogP contribution is -2.43. The molecule has 1 atom stereocenters. The summed E-state index contributed by atoms with van der Waals surface area (Å²) in [5.74, 6) is -0.407. The number of anilines is 1. The Morgan fingerprint density at radius 2 is 1.88 bits per heavy atom. The van der Waals surface area contributed by atoms with Crippen molar-refractivity contribution in [3.63, 3.8) is 0 Å². The first-order valence-corrected chi connectivity index (χ1v) is 12.8. The van der Waals surface area contributed by atoms with E-state index in [0.717, 1.165) is 16.5 Å². The van der Waals surface area contributed by atoms with Crippen molar-refractivity contribution in [1.82, 2.24) is 19.5 Å². The molecule has 2 aromatic carbocycles. The van der Waals surface area contributed by atoms with E-state index >= 15 is 0 Å². The number of pyridine rings is 1. The van der Waals surface area contributed by atoms with E-state index in [4.69, 9.17) is 0 Å². The van der Waals surface area contributed by atoms with Gasteiger partial charge in [0.1, 0.15) is 15.9 Å². The molecule has 33 heavy (non-hydrogen) atoms. The molecule has 0 bridgehead atoms. The Labute approximate surface area is 195 Å². The van der Waals surface area contributed by atoms with Gasteiger partial charge in [-0.25, -0.2) is 8.42 Å². The summed E-state index contributed by atoms with van der Waals surface area (Å²) in [5.41, 5.74) is 2.45. The largest absolute Gasteiger partial charge is 0.299 e. The number of nitrogens with one attached hydrogen (secondary N) is 1. The number of aromatic nitrogens is 3. The number of benzene rings is 2. The molecule has 0 saturated carbocycles. The lowest BCUT2D eigenvalue weighted by atomic mass is 10.2. The van der Waals surface area contributed by atoms with Crippen LogP contribution in [-0.4, -0.2) is 46.4 Å². The Morgan fingerprint density at radius 1 is 1.09 bits per heavy atom. The molecule has 168 valence electrons. The molecule has 4 aromatic rings. The number of hydrogen-bond donors (Lipinski definition) is 1. The number of para-hydroxylation sites is 1. The number of fused-ring (bicyclic) bond motifs is 1. The van der Waals surface area contributed by atoms with Gasteiger partial charge in [-0.3, -0.25) is 15.1 Å². The van der Waals surface area contributed by atoms with E-state index in [1.165, 1.54) is 21.7 Å². The van der Waals surface area contributed by atoms with Gasteiger partial charge >= 0.3 is 0 Å². The van der Waals surface area contributed by atoms with Crippen LogP contribution in [0.3, 0.4) is 0 Å². The summed E-state index contributed by atoms with van der Waals surface area (Å²) in [5, 5.41) is 12.7. The molecular formula is C23H21N5O3S2. The Balaban J connectivity index is 1.38. The van der Waals surface area contributed by atoms with Crippen LogP contribution in [0.2, 0.25) is 0 Å². The molecule has 2 aromatic heterocycles. The van der Waals surface area contributed by atoms with Gasteiger partial charge in [-0.2, -0.15) is 4.31 Å². The molecule has 3 heterocycles. The van der Waals surface area contributed by atoms with E-state index in [-0.39, 0.29) is 11.4 Å². The average Bonchev–Trinajstić information content (AvgIpc) is 3.49. The van der Waals surface area contributed by atoms with Gasteiger partial charge in [0.15, 0.2) is 0 Å². The second kappa shape index (κ2) is 8.62. The molecule has 5 rings (SSSR count). The highest BCUT2D eigenvalue weighted by Crippen LogP contribution is 2.31. The van der Waals surface area contributed by atoms with Gasteiger partial charge in [0.05, 0.1) is 5.52 Å². The van der Waals surface area contributed by atoms with Gasteiger partial charge in [0, 0.05) is 23.7 Å². The van der Waals surface area contributed by atoms with Crippen molar-refractivity contribution in [1.29, 1.82) is 0 Å². The number of sulfonamides is 1. The lowest BCUT2D eigenvalue weighted by Gasteiger charge is -2.23. The van der Waals surface area contributed by atoms with Crippen molar-refractivity contribution in [3.8, 4) is 10.6 Å². The highest BCUT2D eigenvalue weighted by atomic mass is 32.2. The topological polar surface area (TPSA) is 105 Å². The fraction of sp³-hybridized carbons (Fsp3) is 0.217. The van der Waals surface area contributed by atoms with E-state index in [1.54, 1.807) is 18.3 Å². The van der Waals surface area contributed by atoms with Crippen molar-refractivity contribution in [3.05, 3.63) is 66.4 Å². The molecule has 10 heteroatoms. The number of carbonyl (C=O) groups is 1. The Morgan fingerprint density at radius 3 is 2.70 bits per heavy atom. The van der Waals surface area contributed by atoms with Crippen LogP contribution in [0.5, 0.6) is 0 Å². The molecule has 1 fully saturated rings. The Hall–Kier alpha value is -3.21. The van der Waals surface area contributed by atoms with E-state index in [9.17, 15) is 13.2 Å². The maximum Gasteiger partial charge on any atom is 0.245 e. The third kappa shape index (κ3) is 4.12. The number of aryl methyl sites for hydroxylation is 1. The second-order valence-electron chi connectivity index (χ2n) is 7.87. The molecule has 0 aliphatic carbocycles. The quantitative estimate of drug-likeness (QED) is 0.466. The van der Waals surface area contributed by atoms with Gasteiger partial charge in [-0.05, 0) is 31.9 Å². The van der Waals surface area contributed by atoms with Crippen LogP contribution in [0.25, 0.3) is 21.5 Å². The van der Waals surface area contributed by atoms with E-state index < -0.39 is 22.0 Å². The third-order valence-corrected chi connectivity index (χ3v) is 8.47. The first kappa shape index (κ1) is 21.6. The monoisotopic (exact) mass is 479 g/mol. The van der Waals surface area contributed by atoms with Gasteiger partial charge in [0.25, 0.3) is 0 Å². The van der Waals surface area contributed by atoms with E-state index in [0.29, 0.717) is 28.5 Å². The highest BCUT2D eigenvalue weighted by molar-refractivity contribution is 7.89. The van der Waals surface area contributed by atoms with Crippen molar-refractivity contribution >= 4 is 43.3 Å². The van der Waals surface area contributed by atoms with E-state index in [2.05, 4.69) is 20.5 Å². The minimum atomic E-state index is -3.92. The number of hydrogen-bond acceptors (Lipinski definition) is 7.